The van der Waals surface area contributed by atoms with Gasteiger partial charge in [0.15, 0.2) is 5.13 Å². The minimum atomic E-state index is -1.10. The number of para-hydroxylation sites is 1. The van der Waals surface area contributed by atoms with Crippen LogP contribution in [-0.4, -0.2) is 11.0 Å². The van der Waals surface area contributed by atoms with Gasteiger partial charge in [-0.15, -0.1) is 11.3 Å². The van der Waals surface area contributed by atoms with Gasteiger partial charge >= 0.3 is 0 Å². The third-order valence-electron chi connectivity index (χ3n) is 3.71. The Morgan fingerprint density at radius 3 is 2.50 bits per heavy atom. The molecule has 4 nitrogen and oxygen atoms in total. The molecule has 2 aromatic carbocycles. The number of carboxylic acid groups (broad SMARTS) is 1. The van der Waals surface area contributed by atoms with Gasteiger partial charge in [-0.25, -0.2) is 4.98 Å². The van der Waals surface area contributed by atoms with Gasteiger partial charge in [0.05, 0.1) is 5.69 Å². The first kappa shape index (κ1) is 16.2. The molecule has 0 unspecified atom stereocenters. The summed E-state index contributed by atoms with van der Waals surface area (Å²) in [7, 11) is 0. The zero-order valence-electron chi connectivity index (χ0n) is 13.5. The van der Waals surface area contributed by atoms with Crippen LogP contribution in [0.2, 0.25) is 0 Å². The first-order chi connectivity index (χ1) is 11.5. The van der Waals surface area contributed by atoms with Gasteiger partial charge in [0.25, 0.3) is 0 Å². The van der Waals surface area contributed by atoms with Crippen LogP contribution < -0.4 is 10.4 Å². The van der Waals surface area contributed by atoms with Crippen LogP contribution in [-0.2, 0) is 11.2 Å². The van der Waals surface area contributed by atoms with Crippen LogP contribution in [0.3, 0.4) is 0 Å². The molecular formula is C19H17N2O2S-. The monoisotopic (exact) mass is 337 g/mol. The average molecular weight is 337 g/mol. The number of rotatable bonds is 5. The second-order valence-electron chi connectivity index (χ2n) is 5.65. The summed E-state index contributed by atoms with van der Waals surface area (Å²) in [6, 6.07) is 15.8. The molecule has 0 bridgehead atoms. The summed E-state index contributed by atoms with van der Waals surface area (Å²) < 4.78 is 0. The highest BCUT2D eigenvalue weighted by Crippen LogP contribution is 2.33. The quantitative estimate of drug-likeness (QED) is 0.774. The summed E-state index contributed by atoms with van der Waals surface area (Å²) in [6.07, 6.45) is -0.143. The highest BCUT2D eigenvalue weighted by molar-refractivity contribution is 7.16. The maximum absolute atomic E-state index is 11.1. The number of carbonyl (C=O) groups is 1. The van der Waals surface area contributed by atoms with Crippen molar-refractivity contribution in [1.29, 1.82) is 0 Å². The van der Waals surface area contributed by atoms with E-state index in [0.29, 0.717) is 15.7 Å². The molecule has 24 heavy (non-hydrogen) atoms. The van der Waals surface area contributed by atoms with Crippen molar-refractivity contribution in [3.05, 3.63) is 64.5 Å². The number of anilines is 2. The van der Waals surface area contributed by atoms with Crippen molar-refractivity contribution in [2.45, 2.75) is 20.3 Å². The van der Waals surface area contributed by atoms with E-state index < -0.39 is 5.97 Å². The van der Waals surface area contributed by atoms with Crippen molar-refractivity contribution < 1.29 is 9.90 Å². The van der Waals surface area contributed by atoms with Crippen molar-refractivity contribution in [3.8, 4) is 11.3 Å². The van der Waals surface area contributed by atoms with Gasteiger partial charge in [-0.3, -0.25) is 0 Å². The number of aryl methyl sites for hydroxylation is 2. The van der Waals surface area contributed by atoms with Gasteiger partial charge in [0.1, 0.15) is 0 Å². The van der Waals surface area contributed by atoms with Crippen LogP contribution in [0.25, 0.3) is 11.3 Å². The molecule has 0 spiro atoms. The van der Waals surface area contributed by atoms with Crippen LogP contribution in [0.5, 0.6) is 0 Å². The smallest absolute Gasteiger partial charge is 0.187 e. The van der Waals surface area contributed by atoms with Gasteiger partial charge in [0, 0.05) is 28.5 Å². The number of carboxylic acids is 1. The zero-order chi connectivity index (χ0) is 17.1. The fourth-order valence-electron chi connectivity index (χ4n) is 2.42. The number of benzene rings is 2. The molecule has 0 aliphatic carbocycles. The lowest BCUT2D eigenvalue weighted by Gasteiger charge is -2.05. The Bertz CT molecular complexity index is 869. The average Bonchev–Trinajstić information content (AvgIpc) is 2.92. The molecule has 0 saturated heterocycles. The summed E-state index contributed by atoms with van der Waals surface area (Å²) in [6.45, 7) is 4.02. The zero-order valence-corrected chi connectivity index (χ0v) is 14.3. The standard InChI is InChI=1S/C19H18N2O2S/c1-12-7-9-14(10-8-12)18-16(11-17(22)23)24-19(21-18)20-15-6-4-3-5-13(15)2/h3-10H,11H2,1-2H3,(H,20,21)(H,22,23)/p-1. The molecule has 1 heterocycles. The maximum Gasteiger partial charge on any atom is 0.187 e. The molecule has 1 aromatic heterocycles. The van der Waals surface area contributed by atoms with Gasteiger partial charge < -0.3 is 15.2 Å². The molecule has 3 aromatic rings. The summed E-state index contributed by atoms with van der Waals surface area (Å²) in [4.78, 5) is 16.4. The van der Waals surface area contributed by atoms with Crippen LogP contribution in [0, 0.1) is 13.8 Å². The molecule has 0 saturated carbocycles. The number of carbonyl (C=O) groups excluding carboxylic acids is 1. The third kappa shape index (κ3) is 3.63. The Kier molecular flexibility index (Phi) is 4.62. The molecule has 5 heteroatoms. The Morgan fingerprint density at radius 2 is 1.83 bits per heavy atom. The summed E-state index contributed by atoms with van der Waals surface area (Å²) in [5.74, 6) is -1.10. The van der Waals surface area contributed by atoms with Crippen LogP contribution in [0.15, 0.2) is 48.5 Å². The molecular weight excluding hydrogens is 320 g/mol. The minimum absolute atomic E-state index is 0.143. The summed E-state index contributed by atoms with van der Waals surface area (Å²) in [5, 5.41) is 15.0. The predicted octanol–water partition coefficient (Wildman–Crippen LogP) is 3.46. The van der Waals surface area contributed by atoms with E-state index in [9.17, 15) is 9.90 Å². The Hall–Kier alpha value is -2.66. The van der Waals surface area contributed by atoms with Gasteiger partial charge in [0.2, 0.25) is 0 Å². The lowest BCUT2D eigenvalue weighted by Crippen LogP contribution is -2.24. The van der Waals surface area contributed by atoms with Crippen molar-refractivity contribution in [2.24, 2.45) is 0 Å². The van der Waals surface area contributed by atoms with Gasteiger partial charge in [-0.05, 0) is 25.5 Å². The minimum Gasteiger partial charge on any atom is -0.550 e. The highest BCUT2D eigenvalue weighted by atomic mass is 32.1. The maximum atomic E-state index is 11.1. The summed E-state index contributed by atoms with van der Waals surface area (Å²) in [5.41, 5.74) is 4.81. The van der Waals surface area contributed by atoms with E-state index in [0.717, 1.165) is 22.4 Å². The molecule has 0 amide bonds. The van der Waals surface area contributed by atoms with E-state index in [1.807, 2.05) is 62.4 Å². The first-order valence-electron chi connectivity index (χ1n) is 7.62. The largest absolute Gasteiger partial charge is 0.550 e. The fraction of sp³-hybridized carbons (Fsp3) is 0.158. The predicted molar refractivity (Wildman–Crippen MR) is 95.5 cm³/mol. The topological polar surface area (TPSA) is 65.0 Å². The number of nitrogens with zero attached hydrogens (tertiary/aromatic N) is 1. The van der Waals surface area contributed by atoms with E-state index >= 15 is 0 Å². The SMILES string of the molecule is Cc1ccc(-c2nc(Nc3ccccc3C)sc2CC(=O)[O-])cc1. The normalized spacial score (nSPS) is 10.6. The van der Waals surface area contributed by atoms with Crippen LogP contribution in [0.4, 0.5) is 10.8 Å². The van der Waals surface area contributed by atoms with Crippen molar-refractivity contribution in [2.75, 3.05) is 5.32 Å². The van der Waals surface area contributed by atoms with Crippen LogP contribution >= 0.6 is 11.3 Å². The first-order valence-corrected chi connectivity index (χ1v) is 8.44. The molecule has 0 fully saturated rings. The second-order valence-corrected chi connectivity index (χ2v) is 6.73. The lowest BCUT2D eigenvalue weighted by atomic mass is 10.1. The number of nitrogens with one attached hydrogen (secondary N) is 1. The fourth-order valence-corrected chi connectivity index (χ4v) is 3.40. The van der Waals surface area contributed by atoms with Gasteiger partial charge in [-0.2, -0.15) is 0 Å². The van der Waals surface area contributed by atoms with E-state index in [4.69, 9.17) is 0 Å². The Morgan fingerprint density at radius 1 is 1.12 bits per heavy atom. The molecule has 122 valence electrons. The van der Waals surface area contributed by atoms with Gasteiger partial charge in [-0.1, -0.05) is 48.0 Å². The van der Waals surface area contributed by atoms with E-state index in [1.54, 1.807) is 0 Å². The molecule has 0 aliphatic heterocycles. The Balaban J connectivity index is 1.98. The molecule has 1 N–H and O–H groups in total. The van der Waals surface area contributed by atoms with Crippen molar-refractivity contribution in [1.82, 2.24) is 4.98 Å². The number of hydrogen-bond donors (Lipinski definition) is 1. The second kappa shape index (κ2) is 6.84. The molecule has 0 radical (unpaired) electrons. The molecule has 0 aliphatic rings. The van der Waals surface area contributed by atoms with Crippen molar-refractivity contribution in [3.63, 3.8) is 0 Å². The molecule has 3 rings (SSSR count). The van der Waals surface area contributed by atoms with E-state index in [1.165, 1.54) is 11.3 Å². The summed E-state index contributed by atoms with van der Waals surface area (Å²) >= 11 is 1.35. The third-order valence-corrected chi connectivity index (χ3v) is 4.68. The Labute approximate surface area is 144 Å². The number of thiazole rings is 1. The van der Waals surface area contributed by atoms with E-state index in [-0.39, 0.29) is 6.42 Å². The number of hydrogen-bond acceptors (Lipinski definition) is 5. The number of aliphatic carboxylic acids is 1. The van der Waals surface area contributed by atoms with Crippen LogP contribution in [0.1, 0.15) is 16.0 Å². The highest BCUT2D eigenvalue weighted by Gasteiger charge is 2.14. The van der Waals surface area contributed by atoms with E-state index in [2.05, 4.69) is 10.3 Å². The van der Waals surface area contributed by atoms with Crippen molar-refractivity contribution >= 4 is 28.1 Å². The lowest BCUT2D eigenvalue weighted by molar-refractivity contribution is -0.304. The molecule has 0 atom stereocenters. The number of aromatic nitrogens is 1.